The van der Waals surface area contributed by atoms with Crippen molar-refractivity contribution in [2.45, 2.75) is 44.7 Å². The Bertz CT molecular complexity index is 695. The molecule has 0 radical (unpaired) electrons. The fourth-order valence-electron chi connectivity index (χ4n) is 4.12. The molecule has 1 atom stereocenters. The second-order valence-corrected chi connectivity index (χ2v) is 8.12. The number of nitrogens with one attached hydrogen (secondary N) is 1. The van der Waals surface area contributed by atoms with E-state index in [0.717, 1.165) is 26.1 Å². The maximum absolute atomic E-state index is 13.0. The lowest BCUT2D eigenvalue weighted by Gasteiger charge is -2.29. The Balaban J connectivity index is 1.44. The molecule has 1 amide bonds. The maximum Gasteiger partial charge on any atom is 0.223 e. The van der Waals surface area contributed by atoms with Gasteiger partial charge in [0.1, 0.15) is 0 Å². The van der Waals surface area contributed by atoms with Crippen LogP contribution in [0.15, 0.2) is 41.4 Å². The van der Waals surface area contributed by atoms with Gasteiger partial charge in [-0.25, -0.2) is 0 Å². The van der Waals surface area contributed by atoms with Crippen LogP contribution >= 0.6 is 11.3 Å². The molecule has 1 aliphatic heterocycles. The first-order valence-electron chi connectivity index (χ1n) is 9.17. The van der Waals surface area contributed by atoms with Crippen LogP contribution in [0.5, 0.6) is 0 Å². The van der Waals surface area contributed by atoms with Gasteiger partial charge in [0.15, 0.2) is 0 Å². The molecule has 5 heteroatoms. The highest BCUT2D eigenvalue weighted by molar-refractivity contribution is 7.07. The number of aromatic nitrogens is 1. The summed E-state index contributed by atoms with van der Waals surface area (Å²) in [4.78, 5) is 19.3. The summed E-state index contributed by atoms with van der Waals surface area (Å²) in [6.07, 6.45) is 8.56. The van der Waals surface area contributed by atoms with Crippen LogP contribution in [0.4, 0.5) is 0 Å². The summed E-state index contributed by atoms with van der Waals surface area (Å²) in [5.74, 6) is 0.295. The molecule has 25 heavy (non-hydrogen) atoms. The molecule has 2 aromatic rings. The summed E-state index contributed by atoms with van der Waals surface area (Å²) >= 11 is 1.71. The molecule has 132 valence electrons. The molecular weight excluding hydrogens is 330 g/mol. The second-order valence-electron chi connectivity index (χ2n) is 7.34. The van der Waals surface area contributed by atoms with E-state index in [1.54, 1.807) is 23.7 Å². The second kappa shape index (κ2) is 7.26. The predicted molar refractivity (Wildman–Crippen MR) is 100 cm³/mol. The summed E-state index contributed by atoms with van der Waals surface area (Å²) < 4.78 is 0. The van der Waals surface area contributed by atoms with Crippen molar-refractivity contribution in [2.24, 2.45) is 5.41 Å². The van der Waals surface area contributed by atoms with Crippen molar-refractivity contribution < 1.29 is 4.79 Å². The third-order valence-corrected chi connectivity index (χ3v) is 6.48. The van der Waals surface area contributed by atoms with Crippen LogP contribution in [-0.4, -0.2) is 34.9 Å². The molecule has 0 unspecified atom stereocenters. The summed E-state index contributed by atoms with van der Waals surface area (Å²) in [7, 11) is 0. The van der Waals surface area contributed by atoms with Gasteiger partial charge in [0.2, 0.25) is 5.91 Å². The van der Waals surface area contributed by atoms with Crippen LogP contribution < -0.4 is 5.32 Å². The van der Waals surface area contributed by atoms with Crippen molar-refractivity contribution in [2.75, 3.05) is 13.1 Å². The number of aryl methyl sites for hydroxylation is 1. The van der Waals surface area contributed by atoms with Crippen LogP contribution in [-0.2, 0) is 17.8 Å². The summed E-state index contributed by atoms with van der Waals surface area (Å²) in [5.41, 5.74) is 2.83. The Labute approximate surface area is 153 Å². The first kappa shape index (κ1) is 16.7. The SMILES string of the molecule is O=C(CCc1ccncc1)N(Cc1ccsc1)[C@H]1CC12CCNCC2. The number of thiophene rings is 1. The molecule has 0 bridgehead atoms. The quantitative estimate of drug-likeness (QED) is 0.865. The zero-order valence-corrected chi connectivity index (χ0v) is 15.3. The third-order valence-electron chi connectivity index (χ3n) is 5.75. The van der Waals surface area contributed by atoms with Gasteiger partial charge in [0.05, 0.1) is 0 Å². The third kappa shape index (κ3) is 3.77. The predicted octanol–water partition coefficient (Wildman–Crippen LogP) is 3.25. The topological polar surface area (TPSA) is 45.2 Å². The lowest BCUT2D eigenvalue weighted by Crippen LogP contribution is -2.39. The van der Waals surface area contributed by atoms with Crippen molar-refractivity contribution in [3.63, 3.8) is 0 Å². The Morgan fingerprint density at radius 1 is 1.24 bits per heavy atom. The van der Waals surface area contributed by atoms with Crippen LogP contribution in [0, 0.1) is 5.41 Å². The van der Waals surface area contributed by atoms with Gasteiger partial charge in [-0.05, 0) is 84.3 Å². The van der Waals surface area contributed by atoms with Crippen molar-refractivity contribution in [3.8, 4) is 0 Å². The van der Waals surface area contributed by atoms with Crippen LogP contribution in [0.1, 0.15) is 36.8 Å². The van der Waals surface area contributed by atoms with E-state index in [1.807, 2.05) is 12.1 Å². The van der Waals surface area contributed by atoms with Gasteiger partial charge in [-0.15, -0.1) is 0 Å². The molecule has 1 aliphatic carbocycles. The summed E-state index contributed by atoms with van der Waals surface area (Å²) in [5, 5.41) is 7.72. The van der Waals surface area contributed by atoms with Gasteiger partial charge in [0.25, 0.3) is 0 Å². The molecule has 1 N–H and O–H groups in total. The fraction of sp³-hybridized carbons (Fsp3) is 0.500. The minimum absolute atomic E-state index is 0.295. The first-order valence-corrected chi connectivity index (χ1v) is 10.1. The standard InChI is InChI=1S/C20H25N3OS/c24-19(2-1-16-3-8-21-9-4-16)23(14-17-5-12-25-15-17)18-13-20(18)6-10-22-11-7-20/h3-5,8-9,12,15,18,22H,1-2,6-7,10-11,13-14H2/t18-/m0/s1. The minimum atomic E-state index is 0.295. The highest BCUT2D eigenvalue weighted by atomic mass is 32.1. The van der Waals surface area contributed by atoms with E-state index in [4.69, 9.17) is 0 Å². The average Bonchev–Trinajstić information content (AvgIpc) is 3.08. The van der Waals surface area contributed by atoms with Gasteiger partial charge in [-0.1, -0.05) is 0 Å². The van der Waals surface area contributed by atoms with Crippen molar-refractivity contribution >= 4 is 17.2 Å². The molecule has 2 aromatic heterocycles. The van der Waals surface area contributed by atoms with Gasteiger partial charge in [0, 0.05) is 31.4 Å². The molecule has 3 heterocycles. The normalized spacial score (nSPS) is 21.2. The van der Waals surface area contributed by atoms with E-state index in [2.05, 4.69) is 32.0 Å². The largest absolute Gasteiger partial charge is 0.335 e. The van der Waals surface area contributed by atoms with Gasteiger partial charge < -0.3 is 10.2 Å². The molecule has 0 aromatic carbocycles. The zero-order chi connectivity index (χ0) is 17.1. The minimum Gasteiger partial charge on any atom is -0.335 e. The molecule has 2 aliphatic rings. The first-order chi connectivity index (χ1) is 12.3. The highest BCUT2D eigenvalue weighted by Gasteiger charge is 2.57. The summed E-state index contributed by atoms with van der Waals surface area (Å²) in [6.45, 7) is 2.94. The van der Waals surface area contributed by atoms with Crippen LogP contribution in [0.2, 0.25) is 0 Å². The van der Waals surface area contributed by atoms with Crippen molar-refractivity contribution in [3.05, 3.63) is 52.5 Å². The molecule has 1 saturated carbocycles. The number of hydrogen-bond donors (Lipinski definition) is 1. The molecule has 4 rings (SSSR count). The molecule has 1 spiro atoms. The number of amides is 1. The van der Waals surface area contributed by atoms with Crippen LogP contribution in [0.25, 0.3) is 0 Å². The van der Waals surface area contributed by atoms with E-state index < -0.39 is 0 Å². The number of piperidine rings is 1. The fourth-order valence-corrected chi connectivity index (χ4v) is 4.78. The summed E-state index contributed by atoms with van der Waals surface area (Å²) in [6, 6.07) is 6.58. The van der Waals surface area contributed by atoms with E-state index in [9.17, 15) is 4.79 Å². The molecule has 2 fully saturated rings. The molecule has 1 saturated heterocycles. The Hall–Kier alpha value is -1.72. The van der Waals surface area contributed by atoms with E-state index in [-0.39, 0.29) is 0 Å². The highest BCUT2D eigenvalue weighted by Crippen LogP contribution is 2.56. The van der Waals surface area contributed by atoms with Crippen LogP contribution in [0.3, 0.4) is 0 Å². The van der Waals surface area contributed by atoms with Gasteiger partial charge >= 0.3 is 0 Å². The number of rotatable bonds is 6. The number of nitrogens with zero attached hydrogens (tertiary/aromatic N) is 2. The maximum atomic E-state index is 13.0. The van der Waals surface area contributed by atoms with Gasteiger partial charge in [-0.3, -0.25) is 9.78 Å². The molecule has 4 nitrogen and oxygen atoms in total. The Morgan fingerprint density at radius 3 is 2.76 bits per heavy atom. The number of carbonyl (C=O) groups excluding carboxylic acids is 1. The van der Waals surface area contributed by atoms with Crippen molar-refractivity contribution in [1.82, 2.24) is 15.2 Å². The van der Waals surface area contributed by atoms with Crippen molar-refractivity contribution in [1.29, 1.82) is 0 Å². The molecular formula is C20H25N3OS. The van der Waals surface area contributed by atoms with E-state index in [1.165, 1.54) is 30.4 Å². The smallest absolute Gasteiger partial charge is 0.223 e. The lowest BCUT2D eigenvalue weighted by atomic mass is 9.93. The number of pyridine rings is 1. The average molecular weight is 356 g/mol. The Morgan fingerprint density at radius 2 is 2.04 bits per heavy atom. The number of carbonyl (C=O) groups is 1. The monoisotopic (exact) mass is 355 g/mol. The zero-order valence-electron chi connectivity index (χ0n) is 14.5. The number of hydrogen-bond acceptors (Lipinski definition) is 4. The van der Waals surface area contributed by atoms with Gasteiger partial charge in [-0.2, -0.15) is 11.3 Å². The Kier molecular flexibility index (Phi) is 4.86. The van der Waals surface area contributed by atoms with E-state index >= 15 is 0 Å². The van der Waals surface area contributed by atoms with E-state index in [0.29, 0.717) is 23.8 Å². The lowest BCUT2D eigenvalue weighted by molar-refractivity contribution is -0.133.